The molecule has 0 aliphatic rings. The Morgan fingerprint density at radius 3 is 2.82 bits per heavy atom. The SMILES string of the molecule is NCCNC(=O)CCCC=O. The molecule has 0 aromatic carbocycles. The molecule has 0 saturated carbocycles. The minimum absolute atomic E-state index is 0.0303. The molecule has 0 radical (unpaired) electrons. The highest BCUT2D eigenvalue weighted by atomic mass is 16.1. The van der Waals surface area contributed by atoms with Crippen molar-refractivity contribution in [3.05, 3.63) is 0 Å². The molecule has 4 nitrogen and oxygen atoms in total. The summed E-state index contributed by atoms with van der Waals surface area (Å²) in [6, 6.07) is 0. The van der Waals surface area contributed by atoms with E-state index in [1.165, 1.54) is 0 Å². The monoisotopic (exact) mass is 158 g/mol. The van der Waals surface area contributed by atoms with Crippen LogP contribution in [-0.4, -0.2) is 25.3 Å². The lowest BCUT2D eigenvalue weighted by molar-refractivity contribution is -0.121. The molecule has 0 aliphatic carbocycles. The largest absolute Gasteiger partial charge is 0.355 e. The standard InChI is InChI=1S/C7H14N2O2/c8-4-5-9-7(11)3-1-2-6-10/h6H,1-5,8H2,(H,9,11). The summed E-state index contributed by atoms with van der Waals surface area (Å²) in [4.78, 5) is 20.6. The predicted molar refractivity (Wildman–Crippen MR) is 42.0 cm³/mol. The van der Waals surface area contributed by atoms with Crippen LogP contribution in [0.2, 0.25) is 0 Å². The molecular formula is C7H14N2O2. The van der Waals surface area contributed by atoms with Crippen molar-refractivity contribution in [3.63, 3.8) is 0 Å². The van der Waals surface area contributed by atoms with E-state index in [2.05, 4.69) is 5.32 Å². The first kappa shape index (κ1) is 10.1. The van der Waals surface area contributed by atoms with Crippen LogP contribution in [0.1, 0.15) is 19.3 Å². The van der Waals surface area contributed by atoms with Gasteiger partial charge in [0, 0.05) is 25.9 Å². The number of aldehydes is 1. The Balaban J connectivity index is 3.15. The minimum atomic E-state index is -0.0303. The van der Waals surface area contributed by atoms with Crippen LogP contribution in [0.15, 0.2) is 0 Å². The number of rotatable bonds is 6. The van der Waals surface area contributed by atoms with E-state index in [-0.39, 0.29) is 5.91 Å². The van der Waals surface area contributed by atoms with Crippen molar-refractivity contribution in [1.29, 1.82) is 0 Å². The van der Waals surface area contributed by atoms with Crippen LogP contribution in [0, 0.1) is 0 Å². The molecule has 0 heterocycles. The molecule has 0 unspecified atom stereocenters. The molecule has 4 heteroatoms. The molecule has 0 fully saturated rings. The summed E-state index contributed by atoms with van der Waals surface area (Å²) in [5.74, 6) is -0.0303. The zero-order chi connectivity index (χ0) is 8.53. The van der Waals surface area contributed by atoms with Crippen LogP contribution >= 0.6 is 0 Å². The minimum Gasteiger partial charge on any atom is -0.355 e. The highest BCUT2D eigenvalue weighted by molar-refractivity contribution is 5.76. The van der Waals surface area contributed by atoms with Gasteiger partial charge in [0.25, 0.3) is 0 Å². The lowest BCUT2D eigenvalue weighted by Gasteiger charge is -2.00. The summed E-state index contributed by atoms with van der Waals surface area (Å²) in [6.07, 6.45) is 2.31. The van der Waals surface area contributed by atoms with Gasteiger partial charge in [-0.3, -0.25) is 4.79 Å². The van der Waals surface area contributed by atoms with Crippen LogP contribution in [0.25, 0.3) is 0 Å². The highest BCUT2D eigenvalue weighted by Gasteiger charge is 1.97. The lowest BCUT2D eigenvalue weighted by atomic mass is 10.2. The summed E-state index contributed by atoms with van der Waals surface area (Å²) >= 11 is 0. The Hall–Kier alpha value is -0.900. The van der Waals surface area contributed by atoms with Gasteiger partial charge in [-0.1, -0.05) is 0 Å². The first-order valence-corrected chi connectivity index (χ1v) is 3.71. The third kappa shape index (κ3) is 6.99. The van der Waals surface area contributed by atoms with Crippen molar-refractivity contribution >= 4 is 12.2 Å². The number of hydrogen-bond donors (Lipinski definition) is 2. The number of nitrogens with one attached hydrogen (secondary N) is 1. The van der Waals surface area contributed by atoms with E-state index in [0.29, 0.717) is 32.4 Å². The molecule has 1 amide bonds. The van der Waals surface area contributed by atoms with E-state index in [1.54, 1.807) is 0 Å². The van der Waals surface area contributed by atoms with Crippen molar-refractivity contribution in [1.82, 2.24) is 5.32 Å². The van der Waals surface area contributed by atoms with Crippen LogP contribution in [-0.2, 0) is 9.59 Å². The first-order chi connectivity index (χ1) is 5.31. The predicted octanol–water partition coefficient (Wildman–Crippen LogP) is -0.570. The van der Waals surface area contributed by atoms with E-state index in [4.69, 9.17) is 5.73 Å². The smallest absolute Gasteiger partial charge is 0.220 e. The Labute approximate surface area is 66.1 Å². The maximum Gasteiger partial charge on any atom is 0.220 e. The summed E-state index contributed by atoms with van der Waals surface area (Å²) < 4.78 is 0. The molecule has 0 spiro atoms. The molecule has 11 heavy (non-hydrogen) atoms. The van der Waals surface area contributed by atoms with Crippen LogP contribution in [0.3, 0.4) is 0 Å². The normalized spacial score (nSPS) is 9.18. The van der Waals surface area contributed by atoms with Crippen molar-refractivity contribution in [3.8, 4) is 0 Å². The van der Waals surface area contributed by atoms with Crippen LogP contribution in [0.5, 0.6) is 0 Å². The fraction of sp³-hybridized carbons (Fsp3) is 0.714. The number of unbranched alkanes of at least 4 members (excludes halogenated alkanes) is 1. The number of hydrogen-bond acceptors (Lipinski definition) is 3. The molecule has 0 rings (SSSR count). The Morgan fingerprint density at radius 1 is 1.55 bits per heavy atom. The second-order valence-corrected chi connectivity index (χ2v) is 2.20. The summed E-state index contributed by atoms with van der Waals surface area (Å²) in [7, 11) is 0. The zero-order valence-corrected chi connectivity index (χ0v) is 6.51. The molecule has 0 aromatic heterocycles. The third-order valence-electron chi connectivity index (χ3n) is 1.19. The number of carbonyl (C=O) groups is 2. The average Bonchev–Trinajstić information content (AvgIpc) is 2.01. The van der Waals surface area contributed by atoms with Gasteiger partial charge in [-0.2, -0.15) is 0 Å². The fourth-order valence-electron chi connectivity index (χ4n) is 0.646. The molecule has 0 aromatic rings. The van der Waals surface area contributed by atoms with E-state index in [9.17, 15) is 9.59 Å². The van der Waals surface area contributed by atoms with Crippen molar-refractivity contribution in [2.45, 2.75) is 19.3 Å². The molecule has 0 bridgehead atoms. The van der Waals surface area contributed by atoms with Crippen LogP contribution in [0.4, 0.5) is 0 Å². The Morgan fingerprint density at radius 2 is 2.27 bits per heavy atom. The topological polar surface area (TPSA) is 72.2 Å². The fourth-order valence-corrected chi connectivity index (χ4v) is 0.646. The molecule has 64 valence electrons. The quantitative estimate of drug-likeness (QED) is 0.401. The van der Waals surface area contributed by atoms with Gasteiger partial charge in [-0.05, 0) is 6.42 Å². The zero-order valence-electron chi connectivity index (χ0n) is 6.51. The number of amides is 1. The van der Waals surface area contributed by atoms with E-state index in [0.717, 1.165) is 6.29 Å². The maximum absolute atomic E-state index is 10.8. The van der Waals surface area contributed by atoms with Gasteiger partial charge >= 0.3 is 0 Å². The van der Waals surface area contributed by atoms with Gasteiger partial charge in [-0.25, -0.2) is 0 Å². The first-order valence-electron chi connectivity index (χ1n) is 3.71. The highest BCUT2D eigenvalue weighted by Crippen LogP contribution is 1.90. The lowest BCUT2D eigenvalue weighted by Crippen LogP contribution is -2.28. The molecule has 0 saturated heterocycles. The molecular weight excluding hydrogens is 144 g/mol. The molecule has 0 aliphatic heterocycles. The van der Waals surface area contributed by atoms with Gasteiger partial charge < -0.3 is 15.8 Å². The van der Waals surface area contributed by atoms with Gasteiger partial charge in [0.05, 0.1) is 0 Å². The maximum atomic E-state index is 10.8. The van der Waals surface area contributed by atoms with E-state index in [1.807, 2.05) is 0 Å². The van der Waals surface area contributed by atoms with Gasteiger partial charge in [0.2, 0.25) is 5.91 Å². The molecule has 3 N–H and O–H groups in total. The summed E-state index contributed by atoms with van der Waals surface area (Å²) in [5, 5.41) is 2.61. The summed E-state index contributed by atoms with van der Waals surface area (Å²) in [6.45, 7) is 0.972. The molecule has 0 atom stereocenters. The number of carbonyl (C=O) groups excluding carboxylic acids is 2. The van der Waals surface area contributed by atoms with E-state index < -0.39 is 0 Å². The third-order valence-corrected chi connectivity index (χ3v) is 1.19. The second kappa shape index (κ2) is 7.21. The van der Waals surface area contributed by atoms with Gasteiger partial charge in [-0.15, -0.1) is 0 Å². The van der Waals surface area contributed by atoms with Gasteiger partial charge in [0.15, 0.2) is 0 Å². The second-order valence-electron chi connectivity index (χ2n) is 2.20. The number of nitrogens with two attached hydrogens (primary N) is 1. The van der Waals surface area contributed by atoms with E-state index >= 15 is 0 Å². The Bertz CT molecular complexity index is 126. The summed E-state index contributed by atoms with van der Waals surface area (Å²) in [5.41, 5.74) is 5.16. The Kier molecular flexibility index (Phi) is 6.62. The van der Waals surface area contributed by atoms with Crippen molar-refractivity contribution < 1.29 is 9.59 Å². The average molecular weight is 158 g/mol. The van der Waals surface area contributed by atoms with Crippen LogP contribution < -0.4 is 11.1 Å². The van der Waals surface area contributed by atoms with Gasteiger partial charge in [0.1, 0.15) is 6.29 Å². The van der Waals surface area contributed by atoms with Crippen molar-refractivity contribution in [2.24, 2.45) is 5.73 Å². The van der Waals surface area contributed by atoms with Crippen molar-refractivity contribution in [2.75, 3.05) is 13.1 Å².